The van der Waals surface area contributed by atoms with Gasteiger partial charge in [0.2, 0.25) is 0 Å². The van der Waals surface area contributed by atoms with Gasteiger partial charge in [0.15, 0.2) is 0 Å². The summed E-state index contributed by atoms with van der Waals surface area (Å²) in [6.07, 6.45) is 4.29. The van der Waals surface area contributed by atoms with Crippen LogP contribution in [-0.4, -0.2) is 26.1 Å². The van der Waals surface area contributed by atoms with E-state index in [2.05, 4.69) is 20.5 Å². The summed E-state index contributed by atoms with van der Waals surface area (Å²) in [4.78, 5) is 38.2. The molecule has 2 aromatic heterocycles. The fourth-order valence-electron chi connectivity index (χ4n) is 1.43. The molecule has 18 heavy (non-hydrogen) atoms. The third-order valence-corrected chi connectivity index (χ3v) is 2.43. The van der Waals surface area contributed by atoms with E-state index in [-0.39, 0.29) is 11.6 Å². The van der Waals surface area contributed by atoms with Gasteiger partial charge in [0.1, 0.15) is 5.56 Å². The summed E-state index contributed by atoms with van der Waals surface area (Å²) in [5.74, 6) is -0.568. The second-order valence-electron chi connectivity index (χ2n) is 3.71. The molecule has 2 aromatic rings. The van der Waals surface area contributed by atoms with Crippen LogP contribution >= 0.6 is 0 Å². The Morgan fingerprint density at radius 3 is 2.78 bits per heavy atom. The lowest BCUT2D eigenvalue weighted by Gasteiger charge is -2.11. The van der Waals surface area contributed by atoms with Gasteiger partial charge in [-0.05, 0) is 6.92 Å². The molecule has 2 heterocycles. The van der Waals surface area contributed by atoms with Gasteiger partial charge in [-0.1, -0.05) is 0 Å². The molecule has 0 bridgehead atoms. The number of rotatable bonds is 3. The molecule has 2 rings (SSSR count). The van der Waals surface area contributed by atoms with Gasteiger partial charge in [-0.3, -0.25) is 19.7 Å². The lowest BCUT2D eigenvalue weighted by molar-refractivity contribution is 0.0938. The number of nitrogens with zero attached hydrogens (tertiary/aromatic N) is 1. The number of carbonyl (C=O) groups excluding carboxylic acids is 1. The molecule has 0 spiro atoms. The molecule has 0 fully saturated rings. The number of hydrogen-bond donors (Lipinski definition) is 4. The highest BCUT2D eigenvalue weighted by Crippen LogP contribution is 2.09. The number of aromatic nitrogens is 4. The van der Waals surface area contributed by atoms with Crippen LogP contribution in [0.2, 0.25) is 0 Å². The fraction of sp³-hybridized carbons (Fsp3) is 0.200. The Morgan fingerprint density at radius 2 is 2.17 bits per heavy atom. The zero-order valence-electron chi connectivity index (χ0n) is 9.48. The number of H-pyrrole nitrogens is 3. The van der Waals surface area contributed by atoms with Gasteiger partial charge in [-0.25, -0.2) is 4.79 Å². The Labute approximate surface area is 100 Å². The maximum absolute atomic E-state index is 11.8. The average Bonchev–Trinajstić information content (AvgIpc) is 2.81. The lowest BCUT2D eigenvalue weighted by Crippen LogP contribution is -2.34. The molecule has 0 aliphatic rings. The molecular formula is C10H11N5O3. The van der Waals surface area contributed by atoms with Crippen molar-refractivity contribution in [1.82, 2.24) is 25.5 Å². The summed E-state index contributed by atoms with van der Waals surface area (Å²) >= 11 is 0. The van der Waals surface area contributed by atoms with Gasteiger partial charge in [0.05, 0.1) is 12.2 Å². The van der Waals surface area contributed by atoms with Gasteiger partial charge in [-0.15, -0.1) is 0 Å². The molecule has 94 valence electrons. The van der Waals surface area contributed by atoms with Crippen LogP contribution in [-0.2, 0) is 0 Å². The Kier molecular flexibility index (Phi) is 3.09. The smallest absolute Gasteiger partial charge is 0.325 e. The van der Waals surface area contributed by atoms with E-state index in [4.69, 9.17) is 0 Å². The monoisotopic (exact) mass is 249 g/mol. The van der Waals surface area contributed by atoms with Crippen molar-refractivity contribution < 1.29 is 4.79 Å². The second kappa shape index (κ2) is 4.70. The molecule has 8 heteroatoms. The van der Waals surface area contributed by atoms with Crippen molar-refractivity contribution in [3.05, 3.63) is 50.6 Å². The first-order valence-corrected chi connectivity index (χ1v) is 5.19. The molecular weight excluding hydrogens is 238 g/mol. The van der Waals surface area contributed by atoms with Gasteiger partial charge < -0.3 is 10.3 Å². The van der Waals surface area contributed by atoms with Crippen LogP contribution in [0.15, 0.2) is 28.2 Å². The first-order valence-electron chi connectivity index (χ1n) is 5.19. The van der Waals surface area contributed by atoms with Crippen LogP contribution in [0, 0.1) is 0 Å². The van der Waals surface area contributed by atoms with Crippen LogP contribution in [0.5, 0.6) is 0 Å². The van der Waals surface area contributed by atoms with E-state index in [0.717, 1.165) is 11.8 Å². The third-order valence-electron chi connectivity index (χ3n) is 2.43. The van der Waals surface area contributed by atoms with E-state index < -0.39 is 17.2 Å². The molecule has 4 N–H and O–H groups in total. The van der Waals surface area contributed by atoms with Crippen LogP contribution in [0.25, 0.3) is 0 Å². The molecule has 0 saturated heterocycles. The summed E-state index contributed by atoms with van der Waals surface area (Å²) < 4.78 is 0. The van der Waals surface area contributed by atoms with Crippen LogP contribution in [0.4, 0.5) is 0 Å². The topological polar surface area (TPSA) is 124 Å². The molecule has 1 unspecified atom stereocenters. The Morgan fingerprint density at radius 1 is 1.39 bits per heavy atom. The minimum atomic E-state index is -0.726. The summed E-state index contributed by atoms with van der Waals surface area (Å²) in [6.45, 7) is 1.75. The number of nitrogens with one attached hydrogen (secondary N) is 4. The molecule has 1 atom stereocenters. The van der Waals surface area contributed by atoms with Gasteiger partial charge in [-0.2, -0.15) is 5.10 Å². The molecule has 0 radical (unpaired) electrons. The Hall–Kier alpha value is -2.64. The van der Waals surface area contributed by atoms with Crippen LogP contribution < -0.4 is 16.6 Å². The molecule has 0 saturated carbocycles. The summed E-state index contributed by atoms with van der Waals surface area (Å²) in [5, 5.41) is 9.00. The predicted molar refractivity (Wildman–Crippen MR) is 62.2 cm³/mol. The summed E-state index contributed by atoms with van der Waals surface area (Å²) in [5.41, 5.74) is -0.746. The average molecular weight is 249 g/mol. The lowest BCUT2D eigenvalue weighted by atomic mass is 10.2. The second-order valence-corrected chi connectivity index (χ2v) is 3.71. The van der Waals surface area contributed by atoms with E-state index in [1.165, 1.54) is 0 Å². The minimum absolute atomic E-state index is 0.148. The van der Waals surface area contributed by atoms with Crippen molar-refractivity contribution in [3.63, 3.8) is 0 Å². The van der Waals surface area contributed by atoms with Crippen molar-refractivity contribution in [2.45, 2.75) is 13.0 Å². The highest BCUT2D eigenvalue weighted by atomic mass is 16.2. The van der Waals surface area contributed by atoms with Gasteiger partial charge in [0.25, 0.3) is 11.5 Å². The van der Waals surface area contributed by atoms with E-state index in [1.54, 1.807) is 19.3 Å². The quantitative estimate of drug-likeness (QED) is 0.573. The number of carbonyl (C=O) groups is 1. The summed E-state index contributed by atoms with van der Waals surface area (Å²) in [6, 6.07) is -0.303. The van der Waals surface area contributed by atoms with E-state index in [9.17, 15) is 14.4 Å². The normalized spacial score (nSPS) is 12.1. The first kappa shape index (κ1) is 11.8. The zero-order chi connectivity index (χ0) is 13.1. The molecule has 0 aliphatic carbocycles. The number of hydrogen-bond acceptors (Lipinski definition) is 4. The van der Waals surface area contributed by atoms with E-state index in [1.807, 2.05) is 4.98 Å². The van der Waals surface area contributed by atoms with Crippen LogP contribution in [0.1, 0.15) is 28.9 Å². The minimum Gasteiger partial charge on any atom is -0.345 e. The van der Waals surface area contributed by atoms with Gasteiger partial charge >= 0.3 is 5.69 Å². The van der Waals surface area contributed by atoms with E-state index >= 15 is 0 Å². The van der Waals surface area contributed by atoms with Crippen molar-refractivity contribution >= 4 is 5.91 Å². The predicted octanol–water partition coefficient (Wildman–Crippen LogP) is -0.723. The molecule has 0 aliphatic heterocycles. The fourth-order valence-corrected chi connectivity index (χ4v) is 1.43. The summed E-state index contributed by atoms with van der Waals surface area (Å²) in [7, 11) is 0. The zero-order valence-corrected chi connectivity index (χ0v) is 9.48. The maximum Gasteiger partial charge on any atom is 0.325 e. The SMILES string of the molecule is CC(NC(=O)c1c[nH]c(=O)[nH]c1=O)c1cn[nH]c1. The van der Waals surface area contributed by atoms with Crippen LogP contribution in [0.3, 0.4) is 0 Å². The first-order chi connectivity index (χ1) is 8.58. The molecule has 8 nitrogen and oxygen atoms in total. The number of aromatic amines is 3. The number of amides is 1. The third kappa shape index (κ3) is 2.37. The van der Waals surface area contributed by atoms with Crippen molar-refractivity contribution in [2.75, 3.05) is 0 Å². The molecule has 0 aromatic carbocycles. The van der Waals surface area contributed by atoms with Crippen molar-refractivity contribution in [1.29, 1.82) is 0 Å². The highest BCUT2D eigenvalue weighted by Gasteiger charge is 2.15. The molecule has 1 amide bonds. The van der Waals surface area contributed by atoms with Gasteiger partial charge in [0, 0.05) is 18.0 Å². The van der Waals surface area contributed by atoms with Crippen molar-refractivity contribution in [2.24, 2.45) is 0 Å². The highest BCUT2D eigenvalue weighted by molar-refractivity contribution is 5.93. The largest absolute Gasteiger partial charge is 0.345 e. The van der Waals surface area contributed by atoms with E-state index in [0.29, 0.717) is 0 Å². The Bertz CT molecular complexity index is 655. The Balaban J connectivity index is 2.17. The standard InChI is InChI=1S/C10H11N5O3/c1-5(6-2-12-13-3-6)14-8(16)7-4-11-10(18)15-9(7)17/h2-5H,1H3,(H,12,13)(H,14,16)(H2,11,15,17,18). The maximum atomic E-state index is 11.8. The van der Waals surface area contributed by atoms with Crippen molar-refractivity contribution in [3.8, 4) is 0 Å².